The lowest BCUT2D eigenvalue weighted by Crippen LogP contribution is -2.24. The van der Waals surface area contributed by atoms with Gasteiger partial charge in [0, 0.05) is 18.8 Å². The Morgan fingerprint density at radius 1 is 1.22 bits per heavy atom. The lowest BCUT2D eigenvalue weighted by Gasteiger charge is -2.20. The highest BCUT2D eigenvalue weighted by atomic mass is 16.6. The Bertz CT molecular complexity index is 714. The highest BCUT2D eigenvalue weighted by Crippen LogP contribution is 2.34. The summed E-state index contributed by atoms with van der Waals surface area (Å²) in [6.45, 7) is 9.10. The summed E-state index contributed by atoms with van der Waals surface area (Å²) in [5, 5.41) is 14.6. The van der Waals surface area contributed by atoms with E-state index in [1.165, 1.54) is 6.33 Å². The Labute approximate surface area is 135 Å². The fourth-order valence-electron chi connectivity index (χ4n) is 2.47. The standard InChI is InChI=1S/C16H21N5O2/c1-5-20(6-2)16-14(21(22)23)15(17-10-18-16)19-13-8-7-11(3)9-12(13)4/h7-10H,5-6H2,1-4H3,(H,17,18,19). The van der Waals surface area contributed by atoms with Crippen LogP contribution < -0.4 is 10.2 Å². The van der Waals surface area contributed by atoms with E-state index < -0.39 is 4.92 Å². The maximum Gasteiger partial charge on any atom is 0.353 e. The van der Waals surface area contributed by atoms with E-state index >= 15 is 0 Å². The van der Waals surface area contributed by atoms with E-state index in [4.69, 9.17) is 0 Å². The van der Waals surface area contributed by atoms with Crippen molar-refractivity contribution in [3.63, 3.8) is 0 Å². The molecule has 0 fully saturated rings. The van der Waals surface area contributed by atoms with Gasteiger partial charge in [0.05, 0.1) is 4.92 Å². The minimum atomic E-state index is -0.431. The number of rotatable bonds is 6. The van der Waals surface area contributed by atoms with E-state index in [9.17, 15) is 10.1 Å². The number of hydrogen-bond donors (Lipinski definition) is 1. The number of nitrogens with one attached hydrogen (secondary N) is 1. The Kier molecular flexibility index (Phi) is 5.10. The van der Waals surface area contributed by atoms with Crippen molar-refractivity contribution in [2.75, 3.05) is 23.3 Å². The predicted molar refractivity (Wildman–Crippen MR) is 91.4 cm³/mol. The summed E-state index contributed by atoms with van der Waals surface area (Å²) in [4.78, 5) is 21.2. The van der Waals surface area contributed by atoms with Crippen LogP contribution >= 0.6 is 0 Å². The van der Waals surface area contributed by atoms with Gasteiger partial charge in [-0.3, -0.25) is 10.1 Å². The average molecular weight is 315 g/mol. The Morgan fingerprint density at radius 2 is 1.91 bits per heavy atom. The minimum absolute atomic E-state index is 0.101. The molecule has 0 saturated heterocycles. The van der Waals surface area contributed by atoms with Crippen molar-refractivity contribution in [2.45, 2.75) is 27.7 Å². The van der Waals surface area contributed by atoms with E-state index in [0.29, 0.717) is 18.9 Å². The Balaban J connectivity index is 2.49. The molecule has 0 saturated carbocycles. The molecular weight excluding hydrogens is 294 g/mol. The summed E-state index contributed by atoms with van der Waals surface area (Å²) < 4.78 is 0. The highest BCUT2D eigenvalue weighted by Gasteiger charge is 2.26. The smallest absolute Gasteiger partial charge is 0.351 e. The SMILES string of the molecule is CCN(CC)c1ncnc(Nc2ccc(C)cc2C)c1[N+](=O)[O-]. The zero-order valence-electron chi connectivity index (χ0n) is 13.8. The molecule has 0 unspecified atom stereocenters. The van der Waals surface area contributed by atoms with Crippen molar-refractivity contribution in [2.24, 2.45) is 0 Å². The molecule has 2 rings (SSSR count). The topological polar surface area (TPSA) is 84.2 Å². The molecule has 0 aliphatic heterocycles. The van der Waals surface area contributed by atoms with Crippen LogP contribution in [0.1, 0.15) is 25.0 Å². The molecule has 0 spiro atoms. The molecule has 2 aromatic rings. The summed E-state index contributed by atoms with van der Waals surface area (Å²) in [5.74, 6) is 0.543. The summed E-state index contributed by atoms with van der Waals surface area (Å²) in [6, 6.07) is 5.86. The molecule has 122 valence electrons. The van der Waals surface area contributed by atoms with Crippen LogP contribution in [0.4, 0.5) is 23.0 Å². The second-order valence-electron chi connectivity index (χ2n) is 5.27. The zero-order valence-corrected chi connectivity index (χ0v) is 13.8. The van der Waals surface area contributed by atoms with Crippen LogP contribution in [0.2, 0.25) is 0 Å². The van der Waals surface area contributed by atoms with E-state index in [1.54, 1.807) is 0 Å². The van der Waals surface area contributed by atoms with Gasteiger partial charge in [-0.1, -0.05) is 17.7 Å². The number of nitro groups is 1. The first kappa shape index (κ1) is 16.7. The van der Waals surface area contributed by atoms with Gasteiger partial charge < -0.3 is 10.2 Å². The fraction of sp³-hybridized carbons (Fsp3) is 0.375. The summed E-state index contributed by atoms with van der Waals surface area (Å²) in [7, 11) is 0. The maximum atomic E-state index is 11.6. The first-order chi connectivity index (χ1) is 11.0. The first-order valence-electron chi connectivity index (χ1n) is 7.56. The van der Waals surface area contributed by atoms with Gasteiger partial charge in [-0.15, -0.1) is 0 Å². The molecule has 7 heteroatoms. The molecule has 1 heterocycles. The number of aryl methyl sites for hydroxylation is 2. The molecule has 0 bridgehead atoms. The molecule has 1 N–H and O–H groups in total. The lowest BCUT2D eigenvalue weighted by atomic mass is 10.1. The Hall–Kier alpha value is -2.70. The molecular formula is C16H21N5O2. The number of aromatic nitrogens is 2. The number of anilines is 3. The second kappa shape index (κ2) is 7.04. The molecule has 7 nitrogen and oxygen atoms in total. The highest BCUT2D eigenvalue weighted by molar-refractivity contribution is 5.75. The van der Waals surface area contributed by atoms with Gasteiger partial charge in [-0.2, -0.15) is 0 Å². The quantitative estimate of drug-likeness (QED) is 0.648. The predicted octanol–water partition coefficient (Wildman–Crippen LogP) is 3.59. The molecule has 0 aliphatic rings. The van der Waals surface area contributed by atoms with Crippen molar-refractivity contribution >= 4 is 23.0 Å². The zero-order chi connectivity index (χ0) is 17.0. The monoisotopic (exact) mass is 315 g/mol. The first-order valence-corrected chi connectivity index (χ1v) is 7.56. The molecule has 1 aromatic heterocycles. The van der Waals surface area contributed by atoms with Gasteiger partial charge in [-0.05, 0) is 39.3 Å². The van der Waals surface area contributed by atoms with Crippen molar-refractivity contribution < 1.29 is 4.92 Å². The molecule has 0 atom stereocenters. The van der Waals surface area contributed by atoms with Crippen LogP contribution in [0.5, 0.6) is 0 Å². The van der Waals surface area contributed by atoms with Gasteiger partial charge in [-0.25, -0.2) is 9.97 Å². The van der Waals surface area contributed by atoms with Gasteiger partial charge in [0.15, 0.2) is 0 Å². The van der Waals surface area contributed by atoms with Crippen LogP contribution in [0.3, 0.4) is 0 Å². The second-order valence-corrected chi connectivity index (χ2v) is 5.27. The molecule has 1 aromatic carbocycles. The van der Waals surface area contributed by atoms with Crippen LogP contribution in [0, 0.1) is 24.0 Å². The van der Waals surface area contributed by atoms with Gasteiger partial charge in [0.25, 0.3) is 0 Å². The molecule has 0 aliphatic carbocycles. The third-order valence-electron chi connectivity index (χ3n) is 3.68. The van der Waals surface area contributed by atoms with Crippen molar-refractivity contribution in [1.82, 2.24) is 9.97 Å². The normalized spacial score (nSPS) is 10.4. The van der Waals surface area contributed by atoms with Crippen LogP contribution in [0.15, 0.2) is 24.5 Å². The fourth-order valence-corrected chi connectivity index (χ4v) is 2.47. The Morgan fingerprint density at radius 3 is 2.48 bits per heavy atom. The molecule has 0 radical (unpaired) electrons. The molecule has 0 amide bonds. The maximum absolute atomic E-state index is 11.6. The minimum Gasteiger partial charge on any atom is -0.351 e. The third kappa shape index (κ3) is 3.56. The third-order valence-corrected chi connectivity index (χ3v) is 3.68. The average Bonchev–Trinajstić information content (AvgIpc) is 2.51. The molecule has 23 heavy (non-hydrogen) atoms. The van der Waals surface area contributed by atoms with Crippen molar-refractivity contribution in [3.05, 3.63) is 45.8 Å². The van der Waals surface area contributed by atoms with Crippen LogP contribution in [-0.2, 0) is 0 Å². The summed E-state index contributed by atoms with van der Waals surface area (Å²) >= 11 is 0. The summed E-state index contributed by atoms with van der Waals surface area (Å²) in [5.41, 5.74) is 2.83. The largest absolute Gasteiger partial charge is 0.353 e. The van der Waals surface area contributed by atoms with Crippen molar-refractivity contribution in [3.8, 4) is 0 Å². The van der Waals surface area contributed by atoms with E-state index in [-0.39, 0.29) is 11.5 Å². The number of benzene rings is 1. The number of hydrogen-bond acceptors (Lipinski definition) is 6. The van der Waals surface area contributed by atoms with Gasteiger partial charge in [0.2, 0.25) is 11.6 Å². The number of nitrogens with zero attached hydrogens (tertiary/aromatic N) is 4. The van der Waals surface area contributed by atoms with E-state index in [1.807, 2.05) is 50.8 Å². The van der Waals surface area contributed by atoms with Crippen molar-refractivity contribution in [1.29, 1.82) is 0 Å². The van der Waals surface area contributed by atoms with Gasteiger partial charge in [0.1, 0.15) is 6.33 Å². The summed E-state index contributed by atoms with van der Waals surface area (Å²) in [6.07, 6.45) is 1.35. The van der Waals surface area contributed by atoms with E-state index in [2.05, 4.69) is 15.3 Å². The van der Waals surface area contributed by atoms with Gasteiger partial charge >= 0.3 is 5.69 Å². The lowest BCUT2D eigenvalue weighted by molar-refractivity contribution is -0.383. The van der Waals surface area contributed by atoms with Crippen LogP contribution in [-0.4, -0.2) is 28.0 Å². The van der Waals surface area contributed by atoms with E-state index in [0.717, 1.165) is 16.8 Å². The van der Waals surface area contributed by atoms with Crippen LogP contribution in [0.25, 0.3) is 0 Å².